The van der Waals surface area contributed by atoms with Gasteiger partial charge in [0.25, 0.3) is 0 Å². The van der Waals surface area contributed by atoms with Gasteiger partial charge < -0.3 is 10.6 Å². The summed E-state index contributed by atoms with van der Waals surface area (Å²) in [6.07, 6.45) is 2.84. The first-order valence-corrected chi connectivity index (χ1v) is 6.15. The van der Waals surface area contributed by atoms with E-state index in [1.165, 1.54) is 0 Å². The van der Waals surface area contributed by atoms with Crippen LogP contribution in [0.2, 0.25) is 0 Å². The van der Waals surface area contributed by atoms with Crippen LogP contribution in [0, 0.1) is 5.92 Å². The second-order valence-electron chi connectivity index (χ2n) is 4.04. The number of hydrogen-bond acceptors (Lipinski definition) is 2. The first-order chi connectivity index (χ1) is 7.15. The summed E-state index contributed by atoms with van der Waals surface area (Å²) in [6, 6.07) is 0.300. The quantitative estimate of drug-likeness (QED) is 0.606. The minimum Gasteiger partial charge on any atom is -0.353 e. The molecule has 1 unspecified atom stereocenters. The zero-order valence-corrected chi connectivity index (χ0v) is 10.6. The molecule has 0 rings (SSSR count). The molecule has 0 saturated heterocycles. The first-order valence-electron chi connectivity index (χ1n) is 6.15. The van der Waals surface area contributed by atoms with Crippen LogP contribution in [0.15, 0.2) is 0 Å². The van der Waals surface area contributed by atoms with Gasteiger partial charge in [-0.15, -0.1) is 0 Å². The number of amides is 1. The third-order valence-electron chi connectivity index (χ3n) is 2.92. The standard InChI is InChI=1S/C12H26N2O/c1-5-11(6-2)10(4)14-12(15)8-9-13-7-3/h10-11,13H,5-9H2,1-4H3,(H,14,15). The summed E-state index contributed by atoms with van der Waals surface area (Å²) >= 11 is 0. The molecule has 0 saturated carbocycles. The first kappa shape index (κ1) is 14.4. The molecule has 0 aliphatic carbocycles. The van der Waals surface area contributed by atoms with Gasteiger partial charge in [-0.2, -0.15) is 0 Å². The van der Waals surface area contributed by atoms with Gasteiger partial charge in [0, 0.05) is 19.0 Å². The third kappa shape index (κ3) is 6.50. The van der Waals surface area contributed by atoms with E-state index in [2.05, 4.69) is 31.4 Å². The molecular formula is C12H26N2O. The van der Waals surface area contributed by atoms with Gasteiger partial charge in [0.2, 0.25) is 5.91 Å². The Hall–Kier alpha value is -0.570. The monoisotopic (exact) mass is 214 g/mol. The summed E-state index contributed by atoms with van der Waals surface area (Å²) in [5, 5.41) is 6.21. The van der Waals surface area contributed by atoms with Gasteiger partial charge in [0.05, 0.1) is 0 Å². The van der Waals surface area contributed by atoms with Crippen molar-refractivity contribution < 1.29 is 4.79 Å². The number of hydrogen-bond donors (Lipinski definition) is 2. The van der Waals surface area contributed by atoms with E-state index in [-0.39, 0.29) is 5.91 Å². The lowest BCUT2D eigenvalue weighted by Crippen LogP contribution is -2.38. The molecule has 0 aliphatic heterocycles. The molecule has 3 heteroatoms. The summed E-state index contributed by atoms with van der Waals surface area (Å²) < 4.78 is 0. The van der Waals surface area contributed by atoms with Crippen LogP contribution in [0.3, 0.4) is 0 Å². The van der Waals surface area contributed by atoms with Crippen molar-refractivity contribution in [3.63, 3.8) is 0 Å². The largest absolute Gasteiger partial charge is 0.353 e. The predicted octanol–water partition coefficient (Wildman–Crippen LogP) is 1.93. The maximum Gasteiger partial charge on any atom is 0.221 e. The van der Waals surface area contributed by atoms with Gasteiger partial charge in [0.15, 0.2) is 0 Å². The summed E-state index contributed by atoms with van der Waals surface area (Å²) in [4.78, 5) is 11.5. The Morgan fingerprint density at radius 3 is 2.27 bits per heavy atom. The lowest BCUT2D eigenvalue weighted by Gasteiger charge is -2.22. The van der Waals surface area contributed by atoms with Crippen molar-refractivity contribution in [1.29, 1.82) is 0 Å². The van der Waals surface area contributed by atoms with E-state index in [1.807, 2.05) is 6.92 Å². The van der Waals surface area contributed by atoms with Gasteiger partial charge >= 0.3 is 0 Å². The minimum atomic E-state index is 0.162. The zero-order valence-electron chi connectivity index (χ0n) is 10.6. The topological polar surface area (TPSA) is 41.1 Å². The van der Waals surface area contributed by atoms with Crippen LogP contribution >= 0.6 is 0 Å². The van der Waals surface area contributed by atoms with Crippen molar-refractivity contribution in [3.05, 3.63) is 0 Å². The van der Waals surface area contributed by atoms with Crippen molar-refractivity contribution in [3.8, 4) is 0 Å². The number of carbonyl (C=O) groups excluding carboxylic acids is 1. The second kappa shape index (κ2) is 8.72. The minimum absolute atomic E-state index is 0.162. The molecule has 1 atom stereocenters. The maximum absolute atomic E-state index is 11.5. The summed E-state index contributed by atoms with van der Waals surface area (Å²) in [5.74, 6) is 0.767. The number of carbonyl (C=O) groups is 1. The molecular weight excluding hydrogens is 188 g/mol. The third-order valence-corrected chi connectivity index (χ3v) is 2.92. The molecule has 0 spiro atoms. The fourth-order valence-corrected chi connectivity index (χ4v) is 1.82. The molecule has 2 N–H and O–H groups in total. The zero-order chi connectivity index (χ0) is 11.7. The van der Waals surface area contributed by atoms with E-state index >= 15 is 0 Å². The average molecular weight is 214 g/mol. The van der Waals surface area contributed by atoms with Gasteiger partial charge in [-0.25, -0.2) is 0 Å². The van der Waals surface area contributed by atoms with Crippen molar-refractivity contribution in [1.82, 2.24) is 10.6 Å². The lowest BCUT2D eigenvalue weighted by atomic mass is 9.95. The van der Waals surface area contributed by atoms with E-state index in [4.69, 9.17) is 0 Å². The Labute approximate surface area is 94.0 Å². The molecule has 0 aliphatic rings. The highest BCUT2D eigenvalue weighted by Crippen LogP contribution is 2.12. The van der Waals surface area contributed by atoms with E-state index in [0.29, 0.717) is 18.4 Å². The van der Waals surface area contributed by atoms with Crippen molar-refractivity contribution >= 4 is 5.91 Å². The fraction of sp³-hybridized carbons (Fsp3) is 0.917. The van der Waals surface area contributed by atoms with Gasteiger partial charge in [-0.05, 0) is 19.4 Å². The molecule has 1 amide bonds. The maximum atomic E-state index is 11.5. The van der Waals surface area contributed by atoms with Gasteiger partial charge in [-0.3, -0.25) is 4.79 Å². The molecule has 15 heavy (non-hydrogen) atoms. The molecule has 0 aromatic heterocycles. The van der Waals surface area contributed by atoms with Crippen LogP contribution in [0.25, 0.3) is 0 Å². The van der Waals surface area contributed by atoms with Crippen LogP contribution in [0.1, 0.15) is 47.0 Å². The Morgan fingerprint density at radius 2 is 1.80 bits per heavy atom. The van der Waals surface area contributed by atoms with Crippen molar-refractivity contribution in [2.24, 2.45) is 5.92 Å². The molecule has 0 aromatic rings. The average Bonchev–Trinajstić information content (AvgIpc) is 2.20. The van der Waals surface area contributed by atoms with Crippen molar-refractivity contribution in [2.75, 3.05) is 13.1 Å². The van der Waals surface area contributed by atoms with E-state index in [9.17, 15) is 4.79 Å². The number of rotatable bonds is 8. The predicted molar refractivity (Wildman–Crippen MR) is 64.8 cm³/mol. The van der Waals surface area contributed by atoms with Crippen LogP contribution in [0.5, 0.6) is 0 Å². The molecule has 0 fully saturated rings. The molecule has 0 bridgehead atoms. The summed E-state index contributed by atoms with van der Waals surface area (Å²) in [6.45, 7) is 10.2. The lowest BCUT2D eigenvalue weighted by molar-refractivity contribution is -0.121. The smallest absolute Gasteiger partial charge is 0.221 e. The molecule has 3 nitrogen and oxygen atoms in total. The fourth-order valence-electron chi connectivity index (χ4n) is 1.82. The van der Waals surface area contributed by atoms with Crippen molar-refractivity contribution in [2.45, 2.75) is 53.0 Å². The van der Waals surface area contributed by atoms with E-state index in [1.54, 1.807) is 0 Å². The van der Waals surface area contributed by atoms with Gasteiger partial charge in [-0.1, -0.05) is 33.6 Å². The molecule has 90 valence electrons. The van der Waals surface area contributed by atoms with Crippen LogP contribution in [-0.2, 0) is 4.79 Å². The van der Waals surface area contributed by atoms with E-state index in [0.717, 1.165) is 25.9 Å². The molecule has 0 radical (unpaired) electrons. The Balaban J connectivity index is 3.74. The Morgan fingerprint density at radius 1 is 1.20 bits per heavy atom. The molecule has 0 aromatic carbocycles. The van der Waals surface area contributed by atoms with Crippen LogP contribution < -0.4 is 10.6 Å². The SMILES string of the molecule is CCNCCC(=O)NC(C)C(CC)CC. The highest BCUT2D eigenvalue weighted by molar-refractivity contribution is 5.76. The second-order valence-corrected chi connectivity index (χ2v) is 4.04. The normalized spacial score (nSPS) is 12.9. The number of nitrogens with one attached hydrogen (secondary N) is 2. The van der Waals surface area contributed by atoms with Gasteiger partial charge in [0.1, 0.15) is 0 Å². The highest BCUT2D eigenvalue weighted by atomic mass is 16.1. The van der Waals surface area contributed by atoms with Crippen LogP contribution in [0.4, 0.5) is 0 Å². The Bertz CT molecular complexity index is 167. The summed E-state index contributed by atoms with van der Waals surface area (Å²) in [7, 11) is 0. The molecule has 0 heterocycles. The summed E-state index contributed by atoms with van der Waals surface area (Å²) in [5.41, 5.74) is 0. The van der Waals surface area contributed by atoms with E-state index < -0.39 is 0 Å². The Kier molecular flexibility index (Phi) is 8.38. The van der Waals surface area contributed by atoms with Crippen LogP contribution in [-0.4, -0.2) is 25.0 Å². The highest BCUT2D eigenvalue weighted by Gasteiger charge is 2.15.